The van der Waals surface area contributed by atoms with Crippen LogP contribution in [0.2, 0.25) is 0 Å². The van der Waals surface area contributed by atoms with Gasteiger partial charge in [0, 0.05) is 5.75 Å². The van der Waals surface area contributed by atoms with Crippen molar-refractivity contribution in [1.29, 1.82) is 0 Å². The first-order chi connectivity index (χ1) is 5.70. The third kappa shape index (κ3) is 6.03. The van der Waals surface area contributed by atoms with Crippen molar-refractivity contribution < 1.29 is 19.1 Å². The van der Waals surface area contributed by atoms with Gasteiger partial charge < -0.3 is 9.47 Å². The molecule has 0 aromatic heterocycles. The molecule has 0 spiro atoms. The van der Waals surface area contributed by atoms with E-state index in [9.17, 15) is 9.59 Å². The van der Waals surface area contributed by atoms with Crippen molar-refractivity contribution in [3.05, 3.63) is 0 Å². The zero-order valence-corrected chi connectivity index (χ0v) is 7.80. The van der Waals surface area contributed by atoms with Gasteiger partial charge in [-0.05, 0) is 6.92 Å². The molecule has 0 bridgehead atoms. The summed E-state index contributed by atoms with van der Waals surface area (Å²) in [7, 11) is 0. The molecule has 0 aliphatic heterocycles. The predicted molar refractivity (Wildman–Crippen MR) is 46.1 cm³/mol. The van der Waals surface area contributed by atoms with E-state index in [4.69, 9.17) is 0 Å². The van der Waals surface area contributed by atoms with Crippen LogP contribution >= 0.6 is 12.6 Å². The first kappa shape index (κ1) is 11.3. The lowest BCUT2D eigenvalue weighted by atomic mass is 10.5. The van der Waals surface area contributed by atoms with Gasteiger partial charge >= 0.3 is 11.9 Å². The summed E-state index contributed by atoms with van der Waals surface area (Å²) in [6, 6.07) is 0. The fourth-order valence-electron chi connectivity index (χ4n) is 0.506. The topological polar surface area (TPSA) is 52.6 Å². The van der Waals surface area contributed by atoms with E-state index >= 15 is 0 Å². The van der Waals surface area contributed by atoms with Crippen molar-refractivity contribution in [3.8, 4) is 0 Å². The van der Waals surface area contributed by atoms with Gasteiger partial charge in [0.2, 0.25) is 0 Å². The molecule has 4 nitrogen and oxygen atoms in total. The quantitative estimate of drug-likeness (QED) is 0.506. The predicted octanol–water partition coefficient (Wildman–Crippen LogP) is 0.413. The van der Waals surface area contributed by atoms with Gasteiger partial charge in [0.1, 0.15) is 0 Å². The zero-order chi connectivity index (χ0) is 9.40. The minimum absolute atomic E-state index is 0.211. The summed E-state index contributed by atoms with van der Waals surface area (Å²) in [5, 5.41) is 0. The van der Waals surface area contributed by atoms with Gasteiger partial charge in [-0.2, -0.15) is 12.6 Å². The lowest BCUT2D eigenvalue weighted by molar-refractivity contribution is -0.158. The number of hydrogen-bond acceptors (Lipinski definition) is 5. The Kier molecular flexibility index (Phi) is 6.55. The second-order valence-electron chi connectivity index (χ2n) is 1.94. The molecule has 0 atom stereocenters. The van der Waals surface area contributed by atoms with Crippen LogP contribution in [0.3, 0.4) is 0 Å². The highest BCUT2D eigenvalue weighted by atomic mass is 32.1. The number of thiol groups is 1. The second-order valence-corrected chi connectivity index (χ2v) is 2.39. The molecule has 0 amide bonds. The Morgan fingerprint density at radius 3 is 2.42 bits per heavy atom. The van der Waals surface area contributed by atoms with Crippen molar-refractivity contribution in [3.63, 3.8) is 0 Å². The molecule has 0 aliphatic rings. The Hall–Kier alpha value is -0.710. The van der Waals surface area contributed by atoms with E-state index in [-0.39, 0.29) is 13.0 Å². The molecule has 0 aromatic carbocycles. The van der Waals surface area contributed by atoms with E-state index in [1.807, 2.05) is 0 Å². The summed E-state index contributed by atoms with van der Waals surface area (Å²) >= 11 is 3.83. The van der Waals surface area contributed by atoms with Crippen LogP contribution in [-0.2, 0) is 19.1 Å². The molecule has 0 aromatic rings. The van der Waals surface area contributed by atoms with E-state index in [0.29, 0.717) is 12.4 Å². The smallest absolute Gasteiger partial charge is 0.344 e. The van der Waals surface area contributed by atoms with Gasteiger partial charge in [-0.25, -0.2) is 4.79 Å². The molecule has 0 rings (SSSR count). The van der Waals surface area contributed by atoms with Crippen molar-refractivity contribution in [2.75, 3.05) is 19.0 Å². The molecule has 0 saturated carbocycles. The van der Waals surface area contributed by atoms with Crippen LogP contribution in [0.15, 0.2) is 0 Å². The average Bonchev–Trinajstić information content (AvgIpc) is 2.02. The molecule has 0 heterocycles. The summed E-state index contributed by atoms with van der Waals surface area (Å²) < 4.78 is 9.07. The molecule has 0 radical (unpaired) electrons. The Morgan fingerprint density at radius 1 is 1.25 bits per heavy atom. The fourth-order valence-corrected chi connectivity index (χ4v) is 0.688. The zero-order valence-electron chi connectivity index (χ0n) is 6.91. The average molecular weight is 192 g/mol. The Morgan fingerprint density at radius 2 is 1.92 bits per heavy atom. The molecule has 0 N–H and O–H groups in total. The SMILES string of the molecule is CCOC(=O)COC(=O)CCS. The Balaban J connectivity index is 3.40. The van der Waals surface area contributed by atoms with E-state index in [0.717, 1.165) is 0 Å². The highest BCUT2D eigenvalue weighted by Gasteiger charge is 2.06. The van der Waals surface area contributed by atoms with Gasteiger partial charge in [0.15, 0.2) is 6.61 Å². The monoisotopic (exact) mass is 192 g/mol. The fraction of sp³-hybridized carbons (Fsp3) is 0.714. The van der Waals surface area contributed by atoms with E-state index in [2.05, 4.69) is 22.1 Å². The highest BCUT2D eigenvalue weighted by molar-refractivity contribution is 7.80. The summed E-state index contributed by atoms with van der Waals surface area (Å²) in [6.45, 7) is 1.68. The van der Waals surface area contributed by atoms with Gasteiger partial charge in [-0.15, -0.1) is 0 Å². The van der Waals surface area contributed by atoms with Gasteiger partial charge in [0.25, 0.3) is 0 Å². The van der Waals surface area contributed by atoms with Gasteiger partial charge in [-0.1, -0.05) is 0 Å². The number of hydrogen-bond donors (Lipinski definition) is 1. The van der Waals surface area contributed by atoms with Gasteiger partial charge in [-0.3, -0.25) is 4.79 Å². The number of esters is 2. The number of rotatable bonds is 5. The van der Waals surface area contributed by atoms with Crippen molar-refractivity contribution in [1.82, 2.24) is 0 Å². The van der Waals surface area contributed by atoms with Crippen molar-refractivity contribution >= 4 is 24.6 Å². The van der Waals surface area contributed by atoms with E-state index in [1.54, 1.807) is 6.92 Å². The largest absolute Gasteiger partial charge is 0.463 e. The van der Waals surface area contributed by atoms with E-state index in [1.165, 1.54) is 0 Å². The maximum atomic E-state index is 10.7. The molecule has 0 saturated heterocycles. The minimum atomic E-state index is -0.523. The van der Waals surface area contributed by atoms with Gasteiger partial charge in [0.05, 0.1) is 13.0 Å². The third-order valence-electron chi connectivity index (χ3n) is 0.972. The summed E-state index contributed by atoms with van der Waals surface area (Å²) in [6.07, 6.45) is 0.211. The molecule has 5 heteroatoms. The van der Waals surface area contributed by atoms with Crippen LogP contribution in [0.4, 0.5) is 0 Å². The number of carbonyl (C=O) groups excluding carboxylic acids is 2. The van der Waals surface area contributed by atoms with Crippen molar-refractivity contribution in [2.45, 2.75) is 13.3 Å². The van der Waals surface area contributed by atoms with Crippen LogP contribution in [-0.4, -0.2) is 30.9 Å². The standard InChI is InChI=1S/C7H12O4S/c1-2-10-7(9)5-11-6(8)3-4-12/h12H,2-5H2,1H3. The Labute approximate surface area is 76.6 Å². The molecule has 0 fully saturated rings. The summed E-state index contributed by atoms with van der Waals surface area (Å²) in [5.74, 6) is -0.537. The molecular formula is C7H12O4S. The molecule has 0 unspecified atom stereocenters. The summed E-state index contributed by atoms with van der Waals surface area (Å²) in [4.78, 5) is 21.3. The summed E-state index contributed by atoms with van der Waals surface area (Å²) in [5.41, 5.74) is 0. The molecular weight excluding hydrogens is 180 g/mol. The lowest BCUT2D eigenvalue weighted by Gasteiger charge is -2.02. The van der Waals surface area contributed by atoms with Crippen LogP contribution in [0, 0.1) is 0 Å². The van der Waals surface area contributed by atoms with Crippen LogP contribution in [0.25, 0.3) is 0 Å². The molecule has 12 heavy (non-hydrogen) atoms. The number of ether oxygens (including phenoxy) is 2. The van der Waals surface area contributed by atoms with Crippen LogP contribution < -0.4 is 0 Å². The lowest BCUT2D eigenvalue weighted by Crippen LogP contribution is -2.16. The second kappa shape index (κ2) is 6.97. The minimum Gasteiger partial charge on any atom is -0.463 e. The van der Waals surface area contributed by atoms with Crippen LogP contribution in [0.5, 0.6) is 0 Å². The van der Waals surface area contributed by atoms with Crippen molar-refractivity contribution in [2.24, 2.45) is 0 Å². The third-order valence-corrected chi connectivity index (χ3v) is 1.20. The van der Waals surface area contributed by atoms with Crippen LogP contribution in [0.1, 0.15) is 13.3 Å². The molecule has 70 valence electrons. The maximum Gasteiger partial charge on any atom is 0.344 e. The first-order valence-corrected chi connectivity index (χ1v) is 4.26. The number of carbonyl (C=O) groups is 2. The first-order valence-electron chi connectivity index (χ1n) is 3.62. The maximum absolute atomic E-state index is 10.7. The highest BCUT2D eigenvalue weighted by Crippen LogP contribution is 1.89. The normalized spacial score (nSPS) is 9.17. The Bertz CT molecular complexity index is 139. The van der Waals surface area contributed by atoms with E-state index < -0.39 is 11.9 Å². The molecule has 0 aliphatic carbocycles.